The SMILES string of the molecule is O=C(O)/C=C/C(=O)OC1(C(=O)O)C[C@@H](OC(=O)/C=C/c2ccc(O)c(O)c2)C(OC(=O)CCC(=O)O)[C@H](OC(=O)/C=C/c2ccc(O)c(O)c2)C1. The summed E-state index contributed by atoms with van der Waals surface area (Å²) >= 11 is 0. The number of rotatable bonds is 14. The standard InChI is InChI=1S/C33H30O18/c34-19-5-1-17(13-21(19)36)3-9-27(42)48-23-15-33(32(46)47,51-30(45)12-8-26(40)41)16-24(31(23)50-29(44)11-7-25(38)39)49-28(43)10-4-18-2-6-20(35)22(37)14-18/h1-6,8-10,12-14,23-24,31,34-37H,7,11,15-16H2,(H,38,39)(H,40,41)(H,46,47)/b9-3+,10-4+,12-8+/t23-,24-,31?,33?/m1/s1. The number of phenols is 4. The molecule has 0 heterocycles. The molecule has 2 atom stereocenters. The minimum atomic E-state index is -2.71. The second-order valence-electron chi connectivity index (χ2n) is 10.8. The first kappa shape index (κ1) is 38.6. The third-order valence-electron chi connectivity index (χ3n) is 7.01. The Morgan fingerprint density at radius 3 is 1.53 bits per heavy atom. The van der Waals surface area contributed by atoms with Gasteiger partial charge in [-0.1, -0.05) is 12.1 Å². The van der Waals surface area contributed by atoms with Gasteiger partial charge in [0.15, 0.2) is 29.1 Å². The van der Waals surface area contributed by atoms with E-state index < -0.39 is 114 Å². The van der Waals surface area contributed by atoms with E-state index in [2.05, 4.69) is 0 Å². The summed E-state index contributed by atoms with van der Waals surface area (Å²) in [4.78, 5) is 85.8. The maximum Gasteiger partial charge on any atom is 0.348 e. The van der Waals surface area contributed by atoms with Crippen LogP contribution in [0.5, 0.6) is 23.0 Å². The molecule has 18 heteroatoms. The molecule has 0 spiro atoms. The number of aliphatic carboxylic acids is 3. The molecule has 2 aromatic carbocycles. The van der Waals surface area contributed by atoms with E-state index in [0.717, 1.165) is 48.6 Å². The second kappa shape index (κ2) is 17.0. The molecule has 18 nitrogen and oxygen atoms in total. The number of esters is 4. The van der Waals surface area contributed by atoms with Crippen molar-refractivity contribution in [3.05, 3.63) is 71.8 Å². The summed E-state index contributed by atoms with van der Waals surface area (Å²) in [6.45, 7) is 0. The van der Waals surface area contributed by atoms with E-state index in [1.54, 1.807) is 0 Å². The molecule has 51 heavy (non-hydrogen) atoms. The van der Waals surface area contributed by atoms with Crippen LogP contribution in [0.1, 0.15) is 36.8 Å². The molecule has 1 aliphatic rings. The first-order chi connectivity index (χ1) is 24.0. The summed E-state index contributed by atoms with van der Waals surface area (Å²) in [5.41, 5.74) is -2.34. The Hall–Kier alpha value is -6.85. The second-order valence-corrected chi connectivity index (χ2v) is 10.8. The van der Waals surface area contributed by atoms with Gasteiger partial charge < -0.3 is 54.7 Å². The van der Waals surface area contributed by atoms with Crippen LogP contribution < -0.4 is 0 Å². The number of carboxylic acids is 3. The number of hydrogen-bond donors (Lipinski definition) is 7. The van der Waals surface area contributed by atoms with Gasteiger partial charge in [-0.15, -0.1) is 0 Å². The maximum atomic E-state index is 13.0. The molecule has 0 aromatic heterocycles. The number of benzene rings is 2. The number of phenolic OH excluding ortho intramolecular Hbond substituents is 4. The Labute approximate surface area is 286 Å². The predicted molar refractivity (Wildman–Crippen MR) is 167 cm³/mol. The first-order valence-electron chi connectivity index (χ1n) is 14.6. The van der Waals surface area contributed by atoms with E-state index in [-0.39, 0.29) is 11.1 Å². The van der Waals surface area contributed by atoms with Gasteiger partial charge in [0.2, 0.25) is 5.60 Å². The molecule has 1 aliphatic carbocycles. The lowest BCUT2D eigenvalue weighted by atomic mass is 9.79. The fraction of sp³-hybridized carbons (Fsp3) is 0.242. The molecule has 0 saturated heterocycles. The van der Waals surface area contributed by atoms with E-state index in [1.807, 2.05) is 0 Å². The van der Waals surface area contributed by atoms with Gasteiger partial charge in [0.25, 0.3) is 0 Å². The highest BCUT2D eigenvalue weighted by Crippen LogP contribution is 2.38. The zero-order valence-electron chi connectivity index (χ0n) is 26.1. The van der Waals surface area contributed by atoms with Crippen LogP contribution in [0.3, 0.4) is 0 Å². The molecule has 1 fully saturated rings. The van der Waals surface area contributed by atoms with Crippen molar-refractivity contribution in [1.82, 2.24) is 0 Å². The van der Waals surface area contributed by atoms with Gasteiger partial charge in [-0.05, 0) is 47.5 Å². The quantitative estimate of drug-likeness (QED) is 0.0633. The van der Waals surface area contributed by atoms with E-state index in [9.17, 15) is 59.1 Å². The maximum absolute atomic E-state index is 13.0. The van der Waals surface area contributed by atoms with Crippen molar-refractivity contribution in [3.8, 4) is 23.0 Å². The summed E-state index contributed by atoms with van der Waals surface area (Å²) in [7, 11) is 0. The Morgan fingerprint density at radius 2 is 1.12 bits per heavy atom. The smallest absolute Gasteiger partial charge is 0.348 e. The van der Waals surface area contributed by atoms with Crippen LogP contribution in [0.25, 0.3) is 12.2 Å². The number of aromatic hydroxyl groups is 4. The van der Waals surface area contributed by atoms with Gasteiger partial charge in [0, 0.05) is 37.1 Å². The molecule has 3 rings (SSSR count). The minimum absolute atomic E-state index is 0.183. The van der Waals surface area contributed by atoms with E-state index in [4.69, 9.17) is 29.2 Å². The summed E-state index contributed by atoms with van der Waals surface area (Å²) in [6.07, 6.45) is -4.40. The monoisotopic (exact) mass is 714 g/mol. The molecule has 0 aliphatic heterocycles. The molecular formula is C33H30O18. The number of carboxylic acid groups (broad SMARTS) is 3. The molecular weight excluding hydrogens is 684 g/mol. The van der Waals surface area contributed by atoms with Gasteiger partial charge in [-0.3, -0.25) is 9.59 Å². The average Bonchev–Trinajstić information content (AvgIpc) is 3.05. The summed E-state index contributed by atoms with van der Waals surface area (Å²) in [5.74, 6) is -12.0. The van der Waals surface area contributed by atoms with E-state index in [1.165, 1.54) is 12.1 Å². The zero-order valence-corrected chi connectivity index (χ0v) is 26.1. The third kappa shape index (κ3) is 11.4. The zero-order chi connectivity index (χ0) is 37.9. The minimum Gasteiger partial charge on any atom is -0.504 e. The number of ether oxygens (including phenoxy) is 4. The van der Waals surface area contributed by atoms with Gasteiger partial charge in [0.05, 0.1) is 12.8 Å². The average molecular weight is 715 g/mol. The van der Waals surface area contributed by atoms with Crippen LogP contribution in [0.15, 0.2) is 60.7 Å². The fourth-order valence-electron chi connectivity index (χ4n) is 4.66. The van der Waals surface area contributed by atoms with Gasteiger partial charge in [-0.2, -0.15) is 0 Å². The van der Waals surface area contributed by atoms with Crippen molar-refractivity contribution in [1.29, 1.82) is 0 Å². The number of carbonyl (C=O) groups excluding carboxylic acids is 4. The summed E-state index contributed by atoms with van der Waals surface area (Å²) < 4.78 is 21.3. The van der Waals surface area contributed by atoms with Crippen molar-refractivity contribution in [2.24, 2.45) is 0 Å². The third-order valence-corrected chi connectivity index (χ3v) is 7.01. The van der Waals surface area contributed by atoms with Gasteiger partial charge in [-0.25, -0.2) is 24.0 Å². The van der Waals surface area contributed by atoms with E-state index in [0.29, 0.717) is 12.2 Å². The van der Waals surface area contributed by atoms with Crippen molar-refractivity contribution >= 4 is 53.9 Å². The van der Waals surface area contributed by atoms with Crippen LogP contribution >= 0.6 is 0 Å². The molecule has 0 bridgehead atoms. The number of carbonyl (C=O) groups is 7. The summed E-state index contributed by atoms with van der Waals surface area (Å²) in [5, 5.41) is 66.6. The Morgan fingerprint density at radius 1 is 0.627 bits per heavy atom. The van der Waals surface area contributed by atoms with Crippen molar-refractivity contribution in [2.75, 3.05) is 0 Å². The lowest BCUT2D eigenvalue weighted by Crippen LogP contribution is -2.60. The molecule has 0 radical (unpaired) electrons. The molecule has 0 unspecified atom stereocenters. The highest BCUT2D eigenvalue weighted by atomic mass is 16.6. The first-order valence-corrected chi connectivity index (χ1v) is 14.6. The largest absolute Gasteiger partial charge is 0.504 e. The predicted octanol–water partition coefficient (Wildman–Crippen LogP) is 1.64. The Bertz CT molecular complexity index is 1700. The Kier molecular flexibility index (Phi) is 12.9. The normalized spacial score (nSPS) is 20.1. The lowest BCUT2D eigenvalue weighted by molar-refractivity contribution is -0.219. The highest BCUT2D eigenvalue weighted by molar-refractivity contribution is 5.93. The summed E-state index contributed by atoms with van der Waals surface area (Å²) in [6, 6.07) is 6.98. The highest BCUT2D eigenvalue weighted by Gasteiger charge is 2.57. The van der Waals surface area contributed by atoms with Crippen LogP contribution in [-0.2, 0) is 52.5 Å². The molecule has 0 amide bonds. The Balaban J connectivity index is 2.04. The van der Waals surface area contributed by atoms with Gasteiger partial charge in [0.1, 0.15) is 12.2 Å². The lowest BCUT2D eigenvalue weighted by Gasteiger charge is -2.43. The van der Waals surface area contributed by atoms with E-state index >= 15 is 0 Å². The van der Waals surface area contributed by atoms with Crippen LogP contribution in [0.4, 0.5) is 0 Å². The number of hydrogen-bond acceptors (Lipinski definition) is 15. The molecule has 270 valence electrons. The molecule has 2 aromatic rings. The van der Waals surface area contributed by atoms with Crippen molar-refractivity contribution < 1.29 is 88.3 Å². The van der Waals surface area contributed by atoms with Crippen LogP contribution in [0, 0.1) is 0 Å². The molecule has 1 saturated carbocycles. The topological polar surface area (TPSA) is 298 Å². The van der Waals surface area contributed by atoms with Crippen molar-refractivity contribution in [3.63, 3.8) is 0 Å². The fourth-order valence-corrected chi connectivity index (χ4v) is 4.66. The van der Waals surface area contributed by atoms with Crippen LogP contribution in [-0.4, -0.2) is 101 Å². The van der Waals surface area contributed by atoms with Crippen LogP contribution in [0.2, 0.25) is 0 Å². The van der Waals surface area contributed by atoms with Gasteiger partial charge >= 0.3 is 41.8 Å². The van der Waals surface area contributed by atoms with Crippen molar-refractivity contribution in [2.45, 2.75) is 49.6 Å². The molecule has 7 N–H and O–H groups in total.